The summed E-state index contributed by atoms with van der Waals surface area (Å²) in [5, 5.41) is 0. The Morgan fingerprint density at radius 2 is 1.65 bits per heavy atom. The van der Waals surface area contributed by atoms with E-state index in [0.29, 0.717) is 0 Å². The Kier molecular flexibility index (Phi) is 4.31. The highest BCUT2D eigenvalue weighted by Gasteiger charge is 2.31. The summed E-state index contributed by atoms with van der Waals surface area (Å²) in [4.78, 5) is 7.31. The van der Waals surface area contributed by atoms with Gasteiger partial charge in [-0.05, 0) is 12.1 Å². The molecule has 0 saturated carbocycles. The summed E-state index contributed by atoms with van der Waals surface area (Å²) >= 11 is 0. The van der Waals surface area contributed by atoms with Crippen LogP contribution in [0.15, 0.2) is 36.9 Å². The molecule has 3 saturated heterocycles. The van der Waals surface area contributed by atoms with E-state index >= 15 is 0 Å². The van der Waals surface area contributed by atoms with E-state index < -0.39 is 0 Å². The Labute approximate surface area is 104 Å². The minimum absolute atomic E-state index is 1.17. The summed E-state index contributed by atoms with van der Waals surface area (Å²) in [6.45, 7) is 11.8. The molecule has 0 spiro atoms. The lowest BCUT2D eigenvalue weighted by Gasteiger charge is -2.51. The van der Waals surface area contributed by atoms with E-state index in [1.807, 2.05) is 36.4 Å². The summed E-state index contributed by atoms with van der Waals surface area (Å²) in [6.07, 6.45) is 1.83. The van der Waals surface area contributed by atoms with Gasteiger partial charge in [0.15, 0.2) is 0 Å². The maximum Gasteiger partial charge on any atom is 0.0555 e. The van der Waals surface area contributed by atoms with Gasteiger partial charge in [0.2, 0.25) is 0 Å². The maximum atomic E-state index is 3.63. The van der Waals surface area contributed by atoms with E-state index in [2.05, 4.69) is 28.2 Å². The van der Waals surface area contributed by atoms with Crippen molar-refractivity contribution in [1.82, 2.24) is 14.7 Å². The van der Waals surface area contributed by atoms with Gasteiger partial charge in [-0.15, -0.1) is 0 Å². The summed E-state index contributed by atoms with van der Waals surface area (Å²) < 4.78 is 0. The van der Waals surface area contributed by atoms with Crippen LogP contribution in [0.5, 0.6) is 0 Å². The summed E-state index contributed by atoms with van der Waals surface area (Å²) in [7, 11) is 0. The van der Waals surface area contributed by atoms with E-state index in [0.717, 1.165) is 0 Å². The third-order valence-electron chi connectivity index (χ3n) is 3.08. The van der Waals surface area contributed by atoms with Gasteiger partial charge < -0.3 is 0 Å². The van der Waals surface area contributed by atoms with Crippen molar-refractivity contribution in [3.63, 3.8) is 0 Å². The number of fused-ring (bicyclic) bond motifs is 2. The quantitative estimate of drug-likeness (QED) is 0.772. The van der Waals surface area contributed by atoms with Crippen LogP contribution in [-0.4, -0.2) is 47.9 Å². The minimum atomic E-state index is 1.17. The first-order chi connectivity index (χ1) is 8.31. The standard InChI is InChI=1S/C8H8.C6H13N3/c1-2-8-6-4-3-5-7-8;1-2-7-3-8-5-9(4-7)6-8/h2-7H,1H2;2-6H2,1H3. The van der Waals surface area contributed by atoms with Gasteiger partial charge in [-0.25, -0.2) is 0 Å². The van der Waals surface area contributed by atoms with Crippen LogP contribution >= 0.6 is 0 Å². The Bertz CT molecular complexity index is 334. The molecule has 3 heterocycles. The van der Waals surface area contributed by atoms with Gasteiger partial charge in [-0.2, -0.15) is 0 Å². The van der Waals surface area contributed by atoms with E-state index in [1.165, 1.54) is 38.8 Å². The van der Waals surface area contributed by atoms with Gasteiger partial charge >= 0.3 is 0 Å². The average Bonchev–Trinajstić information content (AvgIpc) is 2.40. The van der Waals surface area contributed by atoms with Crippen LogP contribution in [-0.2, 0) is 0 Å². The summed E-state index contributed by atoms with van der Waals surface area (Å²) in [5.74, 6) is 0. The molecule has 0 aliphatic carbocycles. The summed E-state index contributed by atoms with van der Waals surface area (Å²) in [6, 6.07) is 10.0. The number of nitrogens with zero attached hydrogens (tertiary/aromatic N) is 3. The first-order valence-electron chi connectivity index (χ1n) is 6.16. The van der Waals surface area contributed by atoms with E-state index in [-0.39, 0.29) is 0 Å². The molecule has 1 aromatic carbocycles. The largest absolute Gasteiger partial charge is 0.278 e. The molecule has 0 N–H and O–H groups in total. The molecule has 1 aromatic rings. The second-order valence-corrected chi connectivity index (χ2v) is 4.51. The van der Waals surface area contributed by atoms with Gasteiger partial charge in [-0.1, -0.05) is 49.9 Å². The molecule has 17 heavy (non-hydrogen) atoms. The molecule has 0 aromatic heterocycles. The smallest absolute Gasteiger partial charge is 0.0555 e. The van der Waals surface area contributed by atoms with Crippen LogP contribution in [0.4, 0.5) is 0 Å². The van der Waals surface area contributed by atoms with Crippen molar-refractivity contribution in [2.24, 2.45) is 0 Å². The Balaban J connectivity index is 0.000000128. The lowest BCUT2D eigenvalue weighted by Crippen LogP contribution is -2.66. The molecule has 2 bridgehead atoms. The zero-order valence-corrected chi connectivity index (χ0v) is 10.5. The highest BCUT2D eigenvalue weighted by molar-refractivity contribution is 5.45. The predicted octanol–water partition coefficient (Wildman–Crippen LogP) is 2.10. The average molecular weight is 231 g/mol. The van der Waals surface area contributed by atoms with Crippen molar-refractivity contribution in [3.05, 3.63) is 42.5 Å². The monoisotopic (exact) mass is 231 g/mol. The highest BCUT2D eigenvalue weighted by Crippen LogP contribution is 2.15. The number of rotatable bonds is 2. The van der Waals surface area contributed by atoms with Crippen molar-refractivity contribution in [2.75, 3.05) is 33.2 Å². The molecule has 0 unspecified atom stereocenters. The minimum Gasteiger partial charge on any atom is -0.278 e. The third kappa shape index (κ3) is 3.40. The first kappa shape index (κ1) is 12.3. The fourth-order valence-corrected chi connectivity index (χ4v) is 2.10. The SMILES string of the molecule is C=Cc1ccccc1.CCN1CN2CN(C1)C2. The predicted molar refractivity (Wildman–Crippen MR) is 72.1 cm³/mol. The van der Waals surface area contributed by atoms with Gasteiger partial charge in [0.05, 0.1) is 26.7 Å². The van der Waals surface area contributed by atoms with Crippen molar-refractivity contribution in [1.29, 1.82) is 0 Å². The fourth-order valence-electron chi connectivity index (χ4n) is 2.10. The van der Waals surface area contributed by atoms with Crippen molar-refractivity contribution in [3.8, 4) is 0 Å². The Morgan fingerprint density at radius 3 is 2.00 bits per heavy atom. The highest BCUT2D eigenvalue weighted by atomic mass is 15.6. The van der Waals surface area contributed by atoms with Crippen molar-refractivity contribution in [2.45, 2.75) is 6.92 Å². The molecule has 3 aliphatic rings. The van der Waals surface area contributed by atoms with E-state index in [9.17, 15) is 0 Å². The molecule has 3 aliphatic heterocycles. The van der Waals surface area contributed by atoms with Gasteiger partial charge in [0.1, 0.15) is 0 Å². The van der Waals surface area contributed by atoms with Crippen LogP contribution in [0.25, 0.3) is 6.08 Å². The molecule has 0 radical (unpaired) electrons. The second-order valence-electron chi connectivity index (χ2n) is 4.51. The third-order valence-corrected chi connectivity index (χ3v) is 3.08. The molecule has 3 fully saturated rings. The first-order valence-corrected chi connectivity index (χ1v) is 6.16. The Hall–Kier alpha value is -1.16. The maximum absolute atomic E-state index is 3.63. The van der Waals surface area contributed by atoms with Crippen LogP contribution in [0.1, 0.15) is 12.5 Å². The molecule has 92 valence electrons. The Morgan fingerprint density at radius 1 is 1.06 bits per heavy atom. The van der Waals surface area contributed by atoms with E-state index in [1.54, 1.807) is 0 Å². The molecular weight excluding hydrogens is 210 g/mol. The van der Waals surface area contributed by atoms with Gasteiger partial charge in [-0.3, -0.25) is 14.7 Å². The number of benzene rings is 1. The molecule has 3 nitrogen and oxygen atoms in total. The molecule has 4 rings (SSSR count). The normalized spacial score (nSPS) is 26.4. The second kappa shape index (κ2) is 5.96. The topological polar surface area (TPSA) is 9.72 Å². The van der Waals surface area contributed by atoms with Crippen molar-refractivity contribution < 1.29 is 0 Å². The molecule has 0 atom stereocenters. The summed E-state index contributed by atoms with van der Waals surface area (Å²) in [5.41, 5.74) is 1.17. The van der Waals surface area contributed by atoms with Crippen LogP contribution < -0.4 is 0 Å². The van der Waals surface area contributed by atoms with E-state index in [4.69, 9.17) is 0 Å². The molecular formula is C14H21N3. The van der Waals surface area contributed by atoms with Gasteiger partial charge in [0, 0.05) is 0 Å². The van der Waals surface area contributed by atoms with Gasteiger partial charge in [0.25, 0.3) is 0 Å². The molecule has 0 amide bonds. The number of hydrogen-bond acceptors (Lipinski definition) is 3. The zero-order valence-electron chi connectivity index (χ0n) is 10.5. The lowest BCUT2D eigenvalue weighted by molar-refractivity contribution is -0.147. The number of hydrogen-bond donors (Lipinski definition) is 0. The zero-order chi connectivity index (χ0) is 12.1. The van der Waals surface area contributed by atoms with Crippen LogP contribution in [0.2, 0.25) is 0 Å². The van der Waals surface area contributed by atoms with Crippen LogP contribution in [0, 0.1) is 0 Å². The molecule has 3 heteroatoms. The fraction of sp³-hybridized carbons (Fsp3) is 0.429. The van der Waals surface area contributed by atoms with Crippen LogP contribution in [0.3, 0.4) is 0 Å². The van der Waals surface area contributed by atoms with Crippen molar-refractivity contribution >= 4 is 6.08 Å². The lowest BCUT2D eigenvalue weighted by atomic mass is 10.2.